The van der Waals surface area contributed by atoms with Gasteiger partial charge in [-0.3, -0.25) is 9.59 Å². The predicted molar refractivity (Wildman–Crippen MR) is 83.5 cm³/mol. The van der Waals surface area contributed by atoms with Crippen LogP contribution in [0.15, 0.2) is 33.5 Å². The Hall–Kier alpha value is -2.34. The molecular formula is C16H18N2O4. The number of rotatable bonds is 2. The second-order valence-electron chi connectivity index (χ2n) is 5.46. The first kappa shape index (κ1) is 14.6. The Balaban J connectivity index is 2.03. The Morgan fingerprint density at radius 2 is 1.91 bits per heavy atom. The summed E-state index contributed by atoms with van der Waals surface area (Å²) in [5.74, 6) is 0.408. The van der Waals surface area contributed by atoms with Crippen LogP contribution in [0.1, 0.15) is 10.4 Å². The number of benzene rings is 1. The lowest BCUT2D eigenvalue weighted by molar-refractivity contribution is 0.0827. The number of amides is 1. The van der Waals surface area contributed by atoms with E-state index in [1.165, 1.54) is 11.0 Å². The summed E-state index contributed by atoms with van der Waals surface area (Å²) in [6.45, 7) is 2.65. The van der Waals surface area contributed by atoms with Crippen LogP contribution in [0.4, 0.5) is 5.88 Å². The Morgan fingerprint density at radius 1 is 1.18 bits per heavy atom. The van der Waals surface area contributed by atoms with Crippen LogP contribution in [0.25, 0.3) is 11.0 Å². The van der Waals surface area contributed by atoms with E-state index in [1.54, 1.807) is 32.3 Å². The predicted octanol–water partition coefficient (Wildman–Crippen LogP) is 1.33. The van der Waals surface area contributed by atoms with E-state index in [1.807, 2.05) is 4.90 Å². The first-order valence-electron chi connectivity index (χ1n) is 7.18. The number of nitrogens with zero attached hydrogens (tertiary/aromatic N) is 2. The van der Waals surface area contributed by atoms with Gasteiger partial charge in [0.05, 0.1) is 18.6 Å². The minimum Gasteiger partial charge on any atom is -0.440 e. The van der Waals surface area contributed by atoms with Crippen LogP contribution in [0, 0.1) is 0 Å². The molecule has 22 heavy (non-hydrogen) atoms. The number of fused-ring (bicyclic) bond motifs is 1. The fraction of sp³-hybridized carbons (Fsp3) is 0.375. The number of hydrogen-bond donors (Lipinski definition) is 0. The molecule has 1 saturated heterocycles. The molecule has 0 N–H and O–H groups in total. The number of carbonyl (C=O) groups excluding carboxylic acids is 1. The molecule has 1 aromatic carbocycles. The van der Waals surface area contributed by atoms with Crippen molar-refractivity contribution in [3.05, 3.63) is 40.1 Å². The summed E-state index contributed by atoms with van der Waals surface area (Å²) in [6.07, 6.45) is 0. The zero-order chi connectivity index (χ0) is 15.7. The van der Waals surface area contributed by atoms with Crippen molar-refractivity contribution in [2.75, 3.05) is 45.3 Å². The van der Waals surface area contributed by atoms with Gasteiger partial charge in [-0.25, -0.2) is 0 Å². The zero-order valence-corrected chi connectivity index (χ0v) is 12.7. The maximum Gasteiger partial charge on any atom is 0.253 e. The van der Waals surface area contributed by atoms with Gasteiger partial charge in [-0.05, 0) is 18.2 Å². The van der Waals surface area contributed by atoms with E-state index in [0.717, 1.165) is 0 Å². The van der Waals surface area contributed by atoms with Gasteiger partial charge in [0.25, 0.3) is 5.91 Å². The third kappa shape index (κ3) is 2.69. The van der Waals surface area contributed by atoms with Gasteiger partial charge < -0.3 is 19.0 Å². The van der Waals surface area contributed by atoms with Crippen LogP contribution in [0.3, 0.4) is 0 Å². The van der Waals surface area contributed by atoms with Crippen molar-refractivity contribution in [3.8, 4) is 0 Å². The van der Waals surface area contributed by atoms with Crippen LogP contribution in [-0.4, -0.2) is 51.2 Å². The molecule has 6 heteroatoms. The maximum absolute atomic E-state index is 12.3. The minimum absolute atomic E-state index is 0.140. The lowest BCUT2D eigenvalue weighted by atomic mass is 10.1. The Bertz CT molecular complexity index is 760. The second kappa shape index (κ2) is 5.81. The van der Waals surface area contributed by atoms with E-state index in [4.69, 9.17) is 9.15 Å². The van der Waals surface area contributed by atoms with Crippen LogP contribution in [-0.2, 0) is 4.74 Å². The number of anilines is 1. The summed E-state index contributed by atoms with van der Waals surface area (Å²) in [6, 6.07) is 6.43. The highest BCUT2D eigenvalue weighted by Gasteiger charge is 2.16. The van der Waals surface area contributed by atoms with Crippen LogP contribution >= 0.6 is 0 Å². The Labute approximate surface area is 127 Å². The first-order chi connectivity index (χ1) is 10.6. The van der Waals surface area contributed by atoms with Gasteiger partial charge >= 0.3 is 0 Å². The summed E-state index contributed by atoms with van der Waals surface area (Å²) >= 11 is 0. The molecule has 3 rings (SSSR count). The molecule has 0 unspecified atom stereocenters. The highest BCUT2D eigenvalue weighted by Crippen LogP contribution is 2.21. The van der Waals surface area contributed by atoms with Gasteiger partial charge in [0.15, 0.2) is 11.3 Å². The van der Waals surface area contributed by atoms with Crippen LogP contribution in [0.2, 0.25) is 0 Å². The average molecular weight is 302 g/mol. The van der Waals surface area contributed by atoms with E-state index in [0.29, 0.717) is 48.7 Å². The van der Waals surface area contributed by atoms with Gasteiger partial charge in [-0.2, -0.15) is 0 Å². The lowest BCUT2D eigenvalue weighted by Crippen LogP contribution is -2.36. The van der Waals surface area contributed by atoms with Crippen molar-refractivity contribution in [2.45, 2.75) is 0 Å². The topological polar surface area (TPSA) is 63.0 Å². The molecule has 1 aromatic heterocycles. The lowest BCUT2D eigenvalue weighted by Gasteiger charge is -2.27. The molecule has 0 atom stereocenters. The van der Waals surface area contributed by atoms with Crippen LogP contribution < -0.4 is 10.3 Å². The molecule has 0 saturated carbocycles. The molecule has 0 radical (unpaired) electrons. The molecule has 2 aromatic rings. The van der Waals surface area contributed by atoms with Crippen molar-refractivity contribution in [2.24, 2.45) is 0 Å². The molecule has 1 amide bonds. The molecule has 6 nitrogen and oxygen atoms in total. The summed E-state index contributed by atoms with van der Waals surface area (Å²) in [5.41, 5.74) is 0.823. The summed E-state index contributed by atoms with van der Waals surface area (Å²) in [5, 5.41) is 0.421. The SMILES string of the molecule is CN(C)C(=O)c1ccc2oc(N3CCOCC3)cc(=O)c2c1. The minimum atomic E-state index is -0.142. The average Bonchev–Trinajstić information content (AvgIpc) is 2.54. The molecule has 2 heterocycles. The van der Waals surface area contributed by atoms with E-state index in [2.05, 4.69) is 0 Å². The molecule has 0 aliphatic carbocycles. The second-order valence-corrected chi connectivity index (χ2v) is 5.46. The Kier molecular flexibility index (Phi) is 3.85. The van der Waals surface area contributed by atoms with Gasteiger partial charge in [-0.15, -0.1) is 0 Å². The molecule has 0 bridgehead atoms. The van der Waals surface area contributed by atoms with Crippen molar-refractivity contribution in [1.29, 1.82) is 0 Å². The number of morpholine rings is 1. The first-order valence-corrected chi connectivity index (χ1v) is 7.18. The highest BCUT2D eigenvalue weighted by atomic mass is 16.5. The molecule has 0 spiro atoms. The number of ether oxygens (including phenoxy) is 1. The van der Waals surface area contributed by atoms with E-state index in [-0.39, 0.29) is 11.3 Å². The molecular weight excluding hydrogens is 284 g/mol. The number of hydrogen-bond acceptors (Lipinski definition) is 5. The molecule has 116 valence electrons. The third-order valence-corrected chi connectivity index (χ3v) is 3.69. The van der Waals surface area contributed by atoms with Gasteiger partial charge in [0.2, 0.25) is 0 Å². The van der Waals surface area contributed by atoms with Gasteiger partial charge in [0.1, 0.15) is 5.58 Å². The monoisotopic (exact) mass is 302 g/mol. The van der Waals surface area contributed by atoms with E-state index in [9.17, 15) is 9.59 Å². The fourth-order valence-electron chi connectivity index (χ4n) is 2.47. The Morgan fingerprint density at radius 3 is 2.59 bits per heavy atom. The molecule has 1 aliphatic rings. The van der Waals surface area contributed by atoms with Gasteiger partial charge in [0, 0.05) is 38.8 Å². The van der Waals surface area contributed by atoms with E-state index < -0.39 is 0 Å². The third-order valence-electron chi connectivity index (χ3n) is 3.69. The molecule has 1 aliphatic heterocycles. The van der Waals surface area contributed by atoms with Gasteiger partial charge in [-0.1, -0.05) is 0 Å². The normalized spacial score (nSPS) is 15.1. The van der Waals surface area contributed by atoms with Crippen molar-refractivity contribution in [3.63, 3.8) is 0 Å². The van der Waals surface area contributed by atoms with Crippen LogP contribution in [0.5, 0.6) is 0 Å². The summed E-state index contributed by atoms with van der Waals surface area (Å²) in [7, 11) is 3.35. The van der Waals surface area contributed by atoms with E-state index >= 15 is 0 Å². The largest absolute Gasteiger partial charge is 0.440 e. The fourth-order valence-corrected chi connectivity index (χ4v) is 2.47. The summed E-state index contributed by atoms with van der Waals surface area (Å²) < 4.78 is 11.1. The number of carbonyl (C=O) groups is 1. The van der Waals surface area contributed by atoms with Crippen molar-refractivity contribution >= 4 is 22.8 Å². The highest BCUT2D eigenvalue weighted by molar-refractivity contribution is 5.97. The van der Waals surface area contributed by atoms with Crippen molar-refractivity contribution in [1.82, 2.24) is 4.90 Å². The molecule has 1 fully saturated rings. The summed E-state index contributed by atoms with van der Waals surface area (Å²) in [4.78, 5) is 27.8. The zero-order valence-electron chi connectivity index (χ0n) is 12.7. The van der Waals surface area contributed by atoms with Crippen molar-refractivity contribution < 1.29 is 13.9 Å². The quantitative estimate of drug-likeness (QED) is 0.837. The smallest absolute Gasteiger partial charge is 0.253 e. The standard InChI is InChI=1S/C16H18N2O4/c1-17(2)16(20)11-3-4-14-12(9-11)13(19)10-15(22-14)18-5-7-21-8-6-18/h3-4,9-10H,5-8H2,1-2H3. The maximum atomic E-state index is 12.3.